The number of para-hydroxylation sites is 1. The lowest BCUT2D eigenvalue weighted by Crippen LogP contribution is -2.13. The summed E-state index contributed by atoms with van der Waals surface area (Å²) in [6.45, 7) is 5.96. The van der Waals surface area contributed by atoms with Gasteiger partial charge in [-0.1, -0.05) is 29.8 Å². The molecule has 0 saturated heterocycles. The van der Waals surface area contributed by atoms with Gasteiger partial charge in [-0.05, 0) is 78.7 Å². The van der Waals surface area contributed by atoms with Crippen molar-refractivity contribution in [1.82, 2.24) is 4.57 Å². The van der Waals surface area contributed by atoms with Crippen LogP contribution in [0.5, 0.6) is 0 Å². The number of anilines is 1. The third-order valence-electron chi connectivity index (χ3n) is 4.54. The van der Waals surface area contributed by atoms with Crippen LogP contribution in [0.25, 0.3) is 11.8 Å². The largest absolute Gasteiger partial charge is 0.321 e. The molecule has 0 fully saturated rings. The molecule has 0 unspecified atom stereocenters. The third-order valence-corrected chi connectivity index (χ3v) is 5.21. The molecule has 3 rings (SSSR count). The van der Waals surface area contributed by atoms with Gasteiger partial charge in [0.2, 0.25) is 0 Å². The van der Waals surface area contributed by atoms with Crippen LogP contribution in [0.3, 0.4) is 0 Å². The highest BCUT2D eigenvalue weighted by atomic mass is 79.9. The van der Waals surface area contributed by atoms with Gasteiger partial charge in [-0.3, -0.25) is 4.79 Å². The maximum Gasteiger partial charge on any atom is 0.266 e. The second kappa shape index (κ2) is 8.28. The van der Waals surface area contributed by atoms with Crippen LogP contribution in [0.2, 0.25) is 0 Å². The molecule has 1 N–H and O–H groups in total. The number of carbonyl (C=O) groups is 1. The Morgan fingerprint density at radius 3 is 2.43 bits per heavy atom. The van der Waals surface area contributed by atoms with E-state index in [2.05, 4.69) is 25.8 Å². The third kappa shape index (κ3) is 4.08. The molecule has 0 aliphatic rings. The van der Waals surface area contributed by atoms with Crippen molar-refractivity contribution in [3.05, 3.63) is 87.2 Å². The summed E-state index contributed by atoms with van der Waals surface area (Å²) in [5, 5.41) is 12.3. The van der Waals surface area contributed by atoms with Crippen LogP contribution in [-0.2, 0) is 4.79 Å². The van der Waals surface area contributed by atoms with Crippen molar-refractivity contribution in [3.63, 3.8) is 0 Å². The van der Waals surface area contributed by atoms with Crippen LogP contribution in [0, 0.1) is 32.1 Å². The van der Waals surface area contributed by atoms with Crippen LogP contribution in [0.15, 0.2) is 64.6 Å². The Labute approximate surface area is 173 Å². The first-order valence-electron chi connectivity index (χ1n) is 8.84. The van der Waals surface area contributed by atoms with E-state index in [1.165, 1.54) is 0 Å². The van der Waals surface area contributed by atoms with Gasteiger partial charge in [0.15, 0.2) is 0 Å². The highest BCUT2D eigenvalue weighted by Gasteiger charge is 2.15. The number of halogens is 1. The Kier molecular flexibility index (Phi) is 5.81. The molecule has 1 aromatic heterocycles. The quantitative estimate of drug-likeness (QED) is 0.422. The predicted molar refractivity (Wildman–Crippen MR) is 116 cm³/mol. The lowest BCUT2D eigenvalue weighted by atomic mass is 10.1. The summed E-state index contributed by atoms with van der Waals surface area (Å²) in [4.78, 5) is 12.5. The summed E-state index contributed by atoms with van der Waals surface area (Å²) in [5.41, 5.74) is 5.66. The van der Waals surface area contributed by atoms with Crippen molar-refractivity contribution in [2.75, 3.05) is 5.32 Å². The molecule has 0 bridgehead atoms. The minimum Gasteiger partial charge on any atom is -0.321 e. The number of nitrogens with one attached hydrogen (secondary N) is 1. The number of aryl methyl sites for hydroxylation is 2. The lowest BCUT2D eigenvalue weighted by Gasteiger charge is -2.11. The van der Waals surface area contributed by atoms with Gasteiger partial charge in [-0.25, -0.2) is 0 Å². The van der Waals surface area contributed by atoms with E-state index in [1.54, 1.807) is 6.08 Å². The Hall–Kier alpha value is -3.10. The summed E-state index contributed by atoms with van der Waals surface area (Å²) in [6, 6.07) is 19.4. The average molecular weight is 434 g/mol. The van der Waals surface area contributed by atoms with Crippen LogP contribution in [0.1, 0.15) is 22.5 Å². The number of amides is 1. The molecule has 4 nitrogen and oxygen atoms in total. The molecule has 3 aromatic rings. The molecule has 0 aliphatic heterocycles. The van der Waals surface area contributed by atoms with E-state index >= 15 is 0 Å². The first-order valence-corrected chi connectivity index (χ1v) is 9.63. The summed E-state index contributed by atoms with van der Waals surface area (Å²) in [6.07, 6.45) is 1.64. The van der Waals surface area contributed by atoms with Crippen molar-refractivity contribution in [2.45, 2.75) is 20.8 Å². The summed E-state index contributed by atoms with van der Waals surface area (Å²) < 4.78 is 3.08. The molecule has 1 heterocycles. The Morgan fingerprint density at radius 1 is 1.11 bits per heavy atom. The van der Waals surface area contributed by atoms with E-state index in [0.717, 1.165) is 32.7 Å². The predicted octanol–water partition coefficient (Wildman–Crippen LogP) is 5.71. The molecule has 0 radical (unpaired) electrons. The molecule has 28 heavy (non-hydrogen) atoms. The molecule has 1 amide bonds. The molecular formula is C23H20BrN3O. The van der Waals surface area contributed by atoms with Gasteiger partial charge in [0.25, 0.3) is 5.91 Å². The number of nitrogens with zero attached hydrogens (tertiary/aromatic N) is 2. The second-order valence-corrected chi connectivity index (χ2v) is 7.46. The smallest absolute Gasteiger partial charge is 0.266 e. The van der Waals surface area contributed by atoms with Crippen molar-refractivity contribution in [2.24, 2.45) is 0 Å². The van der Waals surface area contributed by atoms with E-state index in [-0.39, 0.29) is 5.57 Å². The first-order chi connectivity index (χ1) is 13.4. The summed E-state index contributed by atoms with van der Waals surface area (Å²) in [7, 11) is 0. The first kappa shape index (κ1) is 19.7. The average Bonchev–Trinajstić information content (AvgIpc) is 2.95. The molecule has 5 heteroatoms. The summed E-state index contributed by atoms with van der Waals surface area (Å²) >= 11 is 3.59. The van der Waals surface area contributed by atoms with Gasteiger partial charge in [0.05, 0.1) is 5.69 Å². The minimum absolute atomic E-state index is 0.0629. The highest BCUT2D eigenvalue weighted by Crippen LogP contribution is 2.27. The molecule has 140 valence electrons. The minimum atomic E-state index is -0.419. The second-order valence-electron chi connectivity index (χ2n) is 6.60. The van der Waals surface area contributed by atoms with Gasteiger partial charge < -0.3 is 9.88 Å². The van der Waals surface area contributed by atoms with E-state index in [1.807, 2.05) is 81.4 Å². The lowest BCUT2D eigenvalue weighted by molar-refractivity contribution is -0.112. The number of hydrogen-bond acceptors (Lipinski definition) is 2. The van der Waals surface area contributed by atoms with Crippen molar-refractivity contribution in [1.29, 1.82) is 5.26 Å². The number of nitriles is 1. The van der Waals surface area contributed by atoms with E-state index < -0.39 is 5.91 Å². The molecular weight excluding hydrogens is 414 g/mol. The van der Waals surface area contributed by atoms with Crippen molar-refractivity contribution in [3.8, 4) is 11.8 Å². The van der Waals surface area contributed by atoms with Crippen LogP contribution in [-0.4, -0.2) is 10.5 Å². The normalized spacial score (nSPS) is 11.2. The van der Waals surface area contributed by atoms with Crippen LogP contribution < -0.4 is 5.32 Å². The Bertz CT molecular complexity index is 1100. The highest BCUT2D eigenvalue weighted by molar-refractivity contribution is 9.10. The van der Waals surface area contributed by atoms with E-state index in [9.17, 15) is 10.1 Å². The van der Waals surface area contributed by atoms with E-state index in [0.29, 0.717) is 5.69 Å². The molecule has 0 aliphatic carbocycles. The number of benzene rings is 2. The fraction of sp³-hybridized carbons (Fsp3) is 0.130. The van der Waals surface area contributed by atoms with Gasteiger partial charge in [0, 0.05) is 21.5 Å². The number of carbonyl (C=O) groups excluding carboxylic acids is 1. The van der Waals surface area contributed by atoms with Crippen LogP contribution in [0.4, 0.5) is 5.69 Å². The Balaban J connectivity index is 1.94. The Morgan fingerprint density at radius 2 is 1.79 bits per heavy atom. The zero-order chi connectivity index (χ0) is 20.3. The molecule has 0 saturated carbocycles. The van der Waals surface area contributed by atoms with Crippen molar-refractivity contribution < 1.29 is 4.79 Å². The maximum atomic E-state index is 12.5. The van der Waals surface area contributed by atoms with Gasteiger partial charge >= 0.3 is 0 Å². The molecule has 0 spiro atoms. The molecule has 2 aromatic carbocycles. The maximum absolute atomic E-state index is 12.5. The molecule has 0 atom stereocenters. The van der Waals surface area contributed by atoms with E-state index in [4.69, 9.17) is 0 Å². The monoisotopic (exact) mass is 433 g/mol. The number of rotatable bonds is 4. The SMILES string of the molecule is Cc1ccc(NC(=O)/C(C#N)=C\c2cc(C)n(-c3ccccc3Br)c2C)cc1. The van der Waals surface area contributed by atoms with Gasteiger partial charge in [-0.2, -0.15) is 5.26 Å². The van der Waals surface area contributed by atoms with Gasteiger partial charge in [0.1, 0.15) is 11.6 Å². The summed E-state index contributed by atoms with van der Waals surface area (Å²) in [5.74, 6) is -0.419. The standard InChI is InChI=1S/C23H20BrN3O/c1-15-8-10-20(11-9-15)26-23(28)19(14-25)13-18-12-16(2)27(17(18)3)22-7-5-4-6-21(22)24/h4-13H,1-3H3,(H,26,28)/b19-13-. The fourth-order valence-corrected chi connectivity index (χ4v) is 3.54. The van der Waals surface area contributed by atoms with Gasteiger partial charge in [-0.15, -0.1) is 0 Å². The van der Waals surface area contributed by atoms with Crippen LogP contribution >= 0.6 is 15.9 Å². The number of hydrogen-bond donors (Lipinski definition) is 1. The van der Waals surface area contributed by atoms with Crippen molar-refractivity contribution >= 4 is 33.6 Å². The number of aromatic nitrogens is 1. The zero-order valence-electron chi connectivity index (χ0n) is 16.0. The zero-order valence-corrected chi connectivity index (χ0v) is 17.5. The fourth-order valence-electron chi connectivity index (χ4n) is 3.08. The topological polar surface area (TPSA) is 57.8 Å².